The molecule has 0 spiro atoms. The molecule has 42 heavy (non-hydrogen) atoms. The number of carbonyl (C=O) groups excluding carboxylic acids is 2. The average molecular weight is 635 g/mol. The third-order valence-electron chi connectivity index (χ3n) is 8.42. The number of nitriles is 1. The monoisotopic (exact) mass is 635 g/mol. The first-order chi connectivity index (χ1) is 19.6. The summed E-state index contributed by atoms with van der Waals surface area (Å²) >= 11 is 0. The van der Waals surface area contributed by atoms with Crippen molar-refractivity contribution in [2.24, 2.45) is 5.41 Å². The van der Waals surface area contributed by atoms with Gasteiger partial charge in [0.2, 0.25) is 13.1 Å². The molecule has 1 N–H and O–H groups in total. The summed E-state index contributed by atoms with van der Waals surface area (Å²) in [5.74, 6) is -2.69. The lowest BCUT2D eigenvalue weighted by atomic mass is 9.42. The average Bonchev–Trinajstić information content (AvgIpc) is 3.86. The van der Waals surface area contributed by atoms with Crippen molar-refractivity contribution in [2.75, 3.05) is 18.0 Å². The minimum absolute atomic E-state index is 0.0450. The van der Waals surface area contributed by atoms with E-state index in [4.69, 9.17) is 5.26 Å². The van der Waals surface area contributed by atoms with Crippen LogP contribution >= 0.6 is 9.24 Å². The molecule has 7 nitrogen and oxygen atoms in total. The highest BCUT2D eigenvalue weighted by molar-refractivity contribution is 7.92. The molecule has 2 heterocycles. The highest BCUT2D eigenvalue weighted by atomic mass is 32.2. The van der Waals surface area contributed by atoms with E-state index < -0.39 is 50.5 Å². The molecule has 2 unspecified atom stereocenters. The Kier molecular flexibility index (Phi) is 10.4. The summed E-state index contributed by atoms with van der Waals surface area (Å²) < 4.78 is 93.1. The van der Waals surface area contributed by atoms with Gasteiger partial charge in [0, 0.05) is 31.6 Å². The van der Waals surface area contributed by atoms with Gasteiger partial charge in [0.05, 0.1) is 16.2 Å². The van der Waals surface area contributed by atoms with Crippen LogP contribution in [-0.2, 0) is 19.4 Å². The Morgan fingerprint density at radius 2 is 1.74 bits per heavy atom. The number of carbonyl (C=O) groups is 2. The lowest BCUT2D eigenvalue weighted by Crippen LogP contribution is -2.41. The third kappa shape index (κ3) is 7.27. The topological polar surface area (TPSA) is 107 Å². The summed E-state index contributed by atoms with van der Waals surface area (Å²) in [6.45, 7) is 3.42. The molecule has 0 aromatic heterocycles. The molecule has 2 aliphatic heterocycles. The van der Waals surface area contributed by atoms with E-state index in [-0.39, 0.29) is 62.7 Å². The van der Waals surface area contributed by atoms with E-state index in [0.29, 0.717) is 17.4 Å². The Morgan fingerprint density at radius 1 is 1.14 bits per heavy atom. The summed E-state index contributed by atoms with van der Waals surface area (Å²) in [4.78, 5) is 24.1. The summed E-state index contributed by atoms with van der Waals surface area (Å²) in [6.07, 6.45) is -3.21. The highest BCUT2D eigenvalue weighted by Gasteiger charge is 2.69. The number of hydrogen-bond donors (Lipinski definition) is 1. The maximum Gasteiger partial charge on any atom is 0.400 e. The second kappa shape index (κ2) is 12.8. The van der Waals surface area contributed by atoms with Gasteiger partial charge in [-0.15, -0.1) is 9.24 Å². The Labute approximate surface area is 246 Å². The molecule has 0 radical (unpaired) electrons. The first-order valence-corrected chi connectivity index (χ1v) is 16.2. The van der Waals surface area contributed by atoms with E-state index in [1.165, 1.54) is 6.07 Å². The van der Waals surface area contributed by atoms with Crippen molar-refractivity contribution in [2.45, 2.75) is 99.2 Å². The van der Waals surface area contributed by atoms with Crippen molar-refractivity contribution >= 4 is 48.9 Å². The maximum absolute atomic E-state index is 13.4. The molecule has 4 aliphatic rings. The van der Waals surface area contributed by atoms with Gasteiger partial charge in [-0.1, -0.05) is 20.2 Å². The molecular weight excluding hydrogens is 599 g/mol. The second-order valence-electron chi connectivity index (χ2n) is 11.1. The van der Waals surface area contributed by atoms with Gasteiger partial charge in [-0.3, -0.25) is 4.79 Å². The van der Waals surface area contributed by atoms with Crippen molar-refractivity contribution in [3.8, 4) is 6.07 Å². The minimum Gasteiger partial charge on any atom is -0.371 e. The summed E-state index contributed by atoms with van der Waals surface area (Å²) in [6, 6.07) is 6.62. The molecule has 15 heteroatoms. The van der Waals surface area contributed by atoms with Gasteiger partial charge >= 0.3 is 6.18 Å². The summed E-state index contributed by atoms with van der Waals surface area (Å²) in [5, 5.41) is 10.2. The molecule has 1 amide bonds. The number of sulfone groups is 1. The fourth-order valence-corrected chi connectivity index (χ4v) is 8.13. The zero-order chi connectivity index (χ0) is 31.6. The smallest absolute Gasteiger partial charge is 0.371 e. The van der Waals surface area contributed by atoms with Gasteiger partial charge in [0.25, 0.3) is 5.92 Å². The second-order valence-corrected chi connectivity index (χ2v) is 14.0. The first-order valence-electron chi connectivity index (χ1n) is 14.1. The molecule has 1 aromatic rings. The number of nitrogens with one attached hydrogen (secondary N) is 1. The Hall–Kier alpha value is -2.26. The Balaban J connectivity index is 0.000000414. The standard InChI is InChI=1S/C20H24BF5NO3PS.C5H6N2O.C2H6/c22-19(23)6-9-27(10-7-19)13-1-2-16(15(31)11-13)32(29,30)14-3-8-21(12-14)17(28)18(4-5-18)20(24,25)26;6-3-5(1-2-5)7-4-8;1-2/h1-2,11,14H,3-10,12,31H2;4H,1-2H2,(H,7,8);1-2H3. The highest BCUT2D eigenvalue weighted by Crippen LogP contribution is 2.59. The zero-order valence-electron chi connectivity index (χ0n) is 23.6. The van der Waals surface area contributed by atoms with Crippen LogP contribution in [0.25, 0.3) is 0 Å². The molecule has 1 aromatic carbocycles. The zero-order valence-corrected chi connectivity index (χ0v) is 25.6. The molecule has 2 saturated heterocycles. The van der Waals surface area contributed by atoms with Crippen LogP contribution in [0.4, 0.5) is 27.6 Å². The summed E-state index contributed by atoms with van der Waals surface area (Å²) in [7, 11) is -1.51. The first kappa shape index (κ1) is 34.2. The van der Waals surface area contributed by atoms with Crippen LogP contribution in [0.15, 0.2) is 23.1 Å². The quantitative estimate of drug-likeness (QED) is 0.201. The molecule has 0 bridgehead atoms. The van der Waals surface area contributed by atoms with Crippen LogP contribution in [0.5, 0.6) is 0 Å². The number of hydrogen-bond acceptors (Lipinski definition) is 6. The number of anilines is 1. The van der Waals surface area contributed by atoms with Crippen molar-refractivity contribution in [1.29, 1.82) is 5.26 Å². The van der Waals surface area contributed by atoms with E-state index in [0.717, 1.165) is 12.8 Å². The predicted octanol–water partition coefficient (Wildman–Crippen LogP) is 4.73. The van der Waals surface area contributed by atoms with Gasteiger partial charge in [-0.2, -0.15) is 18.4 Å². The number of rotatable bonds is 7. The van der Waals surface area contributed by atoms with E-state index in [9.17, 15) is 40.0 Å². The van der Waals surface area contributed by atoms with Crippen molar-refractivity contribution < 1.29 is 40.0 Å². The number of halogens is 5. The van der Waals surface area contributed by atoms with Crippen LogP contribution in [-0.4, -0.2) is 63.2 Å². The number of amides is 1. The van der Waals surface area contributed by atoms with Gasteiger partial charge in [-0.25, -0.2) is 17.2 Å². The Bertz CT molecular complexity index is 1300. The van der Waals surface area contributed by atoms with Crippen molar-refractivity contribution in [3.63, 3.8) is 0 Å². The van der Waals surface area contributed by atoms with Crippen molar-refractivity contribution in [1.82, 2.24) is 5.32 Å². The lowest BCUT2D eigenvalue weighted by molar-refractivity contribution is -0.186. The number of alkyl halides is 5. The van der Waals surface area contributed by atoms with Crippen LogP contribution in [0.1, 0.15) is 58.8 Å². The molecule has 5 rings (SSSR count). The van der Waals surface area contributed by atoms with E-state index in [2.05, 4.69) is 14.6 Å². The fraction of sp³-hybridized carbons (Fsp3) is 0.667. The molecule has 232 valence electrons. The Morgan fingerprint density at radius 3 is 2.17 bits per heavy atom. The van der Waals surface area contributed by atoms with Gasteiger partial charge < -0.3 is 15.0 Å². The predicted molar refractivity (Wildman–Crippen MR) is 154 cm³/mol. The SMILES string of the molecule is CC.N#CC1(NC=O)CC1.O=C(B1CCC(S(=O)(=O)c2ccc(N3CCC(F)(F)CC3)cc2P)C1)C1(C(F)(F)F)CC1. The van der Waals surface area contributed by atoms with E-state index >= 15 is 0 Å². The van der Waals surface area contributed by atoms with Crippen LogP contribution in [0.2, 0.25) is 12.6 Å². The number of benzene rings is 1. The van der Waals surface area contributed by atoms with Crippen LogP contribution in [0.3, 0.4) is 0 Å². The van der Waals surface area contributed by atoms with Crippen molar-refractivity contribution in [3.05, 3.63) is 18.2 Å². The molecule has 2 atom stereocenters. The largest absolute Gasteiger partial charge is 0.400 e. The van der Waals surface area contributed by atoms with E-state index in [1.54, 1.807) is 17.0 Å². The molecule has 2 saturated carbocycles. The van der Waals surface area contributed by atoms with Gasteiger partial charge in [0.1, 0.15) is 16.6 Å². The minimum atomic E-state index is -4.59. The van der Waals surface area contributed by atoms with Gasteiger partial charge in [0.15, 0.2) is 9.84 Å². The molecule has 2 aliphatic carbocycles. The third-order valence-corrected chi connectivity index (χ3v) is 11.4. The lowest BCUT2D eigenvalue weighted by Gasteiger charge is -2.33. The number of piperidine rings is 1. The van der Waals surface area contributed by atoms with Crippen LogP contribution in [0, 0.1) is 16.7 Å². The van der Waals surface area contributed by atoms with Crippen LogP contribution < -0.4 is 15.5 Å². The van der Waals surface area contributed by atoms with E-state index in [1.807, 2.05) is 19.9 Å². The maximum atomic E-state index is 13.4. The normalized spacial score (nSPS) is 23.3. The summed E-state index contributed by atoms with van der Waals surface area (Å²) in [5.41, 5.74) is -2.98. The molecule has 4 fully saturated rings. The van der Waals surface area contributed by atoms with Gasteiger partial charge in [-0.05, 0) is 61.9 Å². The molecular formula is C27H36BF5N3O4PS. The fourth-order valence-electron chi connectivity index (χ4n) is 5.43. The number of nitrogens with zero attached hydrogens (tertiary/aromatic N) is 2.